The summed E-state index contributed by atoms with van der Waals surface area (Å²) >= 11 is 0. The van der Waals surface area contributed by atoms with Gasteiger partial charge in [-0.2, -0.15) is 0 Å². The van der Waals surface area contributed by atoms with Crippen LogP contribution in [0.15, 0.2) is 48.7 Å². The van der Waals surface area contributed by atoms with Crippen molar-refractivity contribution in [3.05, 3.63) is 59.9 Å². The van der Waals surface area contributed by atoms with E-state index in [0.717, 1.165) is 37.4 Å². The topological polar surface area (TPSA) is 54.5 Å². The number of aromatic nitrogens is 1. The Morgan fingerprint density at radius 1 is 1.29 bits per heavy atom. The number of carbonyl (C=O) groups excluding carboxylic acids is 1. The van der Waals surface area contributed by atoms with Gasteiger partial charge in [0.2, 0.25) is 0 Å². The number of likely N-dealkylation sites (tertiary alicyclic amines) is 1. The summed E-state index contributed by atoms with van der Waals surface area (Å²) in [5.41, 5.74) is 1.58. The zero-order chi connectivity index (χ0) is 16.8. The van der Waals surface area contributed by atoms with Crippen LogP contribution in [-0.2, 0) is 6.61 Å². The smallest absolute Gasteiger partial charge is 0.253 e. The molecule has 0 radical (unpaired) electrons. The minimum Gasteiger partial charge on any atom is -0.487 e. The molecule has 1 saturated heterocycles. The molecule has 3 rings (SSSR count). The normalized spacial score (nSPS) is 17.5. The third-order valence-corrected chi connectivity index (χ3v) is 4.33. The van der Waals surface area contributed by atoms with Crippen molar-refractivity contribution in [1.82, 2.24) is 15.2 Å². The molecule has 0 aliphatic carbocycles. The number of amides is 1. The number of piperidine rings is 1. The Labute approximate surface area is 142 Å². The maximum absolute atomic E-state index is 12.6. The predicted octanol–water partition coefficient (Wildman–Crippen LogP) is 2.48. The Balaban J connectivity index is 1.58. The molecule has 5 nitrogen and oxygen atoms in total. The monoisotopic (exact) mass is 325 g/mol. The van der Waals surface area contributed by atoms with E-state index in [1.807, 2.05) is 54.4 Å². The van der Waals surface area contributed by atoms with Gasteiger partial charge in [0, 0.05) is 30.9 Å². The molecule has 1 aromatic carbocycles. The van der Waals surface area contributed by atoms with Crippen molar-refractivity contribution < 1.29 is 9.53 Å². The van der Waals surface area contributed by atoms with Gasteiger partial charge in [-0.25, -0.2) is 0 Å². The van der Waals surface area contributed by atoms with Crippen molar-refractivity contribution in [2.24, 2.45) is 0 Å². The number of nitrogens with one attached hydrogen (secondary N) is 1. The standard InChI is InChI=1S/C19H23N3O2/c1-20-16-6-4-12-22(13-16)19(23)15-7-9-18(10-8-15)24-14-17-5-2-3-11-21-17/h2-3,5,7-11,16,20H,4,6,12-14H2,1H3. The van der Waals surface area contributed by atoms with Gasteiger partial charge < -0.3 is 15.0 Å². The predicted molar refractivity (Wildman–Crippen MR) is 93.0 cm³/mol. The highest BCUT2D eigenvalue weighted by atomic mass is 16.5. The fourth-order valence-electron chi connectivity index (χ4n) is 2.91. The molecule has 2 aromatic rings. The van der Waals surface area contributed by atoms with Crippen LogP contribution in [0.2, 0.25) is 0 Å². The van der Waals surface area contributed by atoms with Crippen LogP contribution in [0.5, 0.6) is 5.75 Å². The second-order valence-corrected chi connectivity index (χ2v) is 6.01. The Bertz CT molecular complexity index is 658. The molecule has 1 unspecified atom stereocenters. The van der Waals surface area contributed by atoms with E-state index in [2.05, 4.69) is 10.3 Å². The zero-order valence-corrected chi connectivity index (χ0v) is 13.9. The largest absolute Gasteiger partial charge is 0.487 e. The zero-order valence-electron chi connectivity index (χ0n) is 13.9. The first-order chi connectivity index (χ1) is 11.8. The highest BCUT2D eigenvalue weighted by molar-refractivity contribution is 5.94. The second-order valence-electron chi connectivity index (χ2n) is 6.01. The van der Waals surface area contributed by atoms with Crippen LogP contribution < -0.4 is 10.1 Å². The number of hydrogen-bond acceptors (Lipinski definition) is 4. The van der Waals surface area contributed by atoms with Gasteiger partial charge >= 0.3 is 0 Å². The molecule has 1 aromatic heterocycles. The number of hydrogen-bond donors (Lipinski definition) is 1. The quantitative estimate of drug-likeness (QED) is 0.918. The summed E-state index contributed by atoms with van der Waals surface area (Å²) < 4.78 is 5.71. The molecule has 126 valence electrons. The van der Waals surface area contributed by atoms with Crippen molar-refractivity contribution in [3.63, 3.8) is 0 Å². The Morgan fingerprint density at radius 2 is 2.12 bits per heavy atom. The lowest BCUT2D eigenvalue weighted by Crippen LogP contribution is -2.46. The Morgan fingerprint density at radius 3 is 2.83 bits per heavy atom. The van der Waals surface area contributed by atoms with Crippen molar-refractivity contribution in [3.8, 4) is 5.75 Å². The van der Waals surface area contributed by atoms with Crippen LogP contribution in [0.3, 0.4) is 0 Å². The van der Waals surface area contributed by atoms with E-state index in [1.165, 1.54) is 0 Å². The third kappa shape index (κ3) is 4.11. The summed E-state index contributed by atoms with van der Waals surface area (Å²) in [6, 6.07) is 13.5. The molecule has 2 heterocycles. The summed E-state index contributed by atoms with van der Waals surface area (Å²) in [7, 11) is 1.95. The Hall–Kier alpha value is -2.40. The highest BCUT2D eigenvalue weighted by Crippen LogP contribution is 2.17. The number of pyridine rings is 1. The fourth-order valence-corrected chi connectivity index (χ4v) is 2.91. The maximum atomic E-state index is 12.6. The van der Waals surface area contributed by atoms with E-state index in [-0.39, 0.29) is 5.91 Å². The molecule has 0 saturated carbocycles. The number of likely N-dealkylation sites (N-methyl/N-ethyl adjacent to an activating group) is 1. The van der Waals surface area contributed by atoms with Gasteiger partial charge in [-0.05, 0) is 56.3 Å². The first kappa shape index (κ1) is 16.5. The molecular weight excluding hydrogens is 302 g/mol. The van der Waals surface area contributed by atoms with Crippen LogP contribution >= 0.6 is 0 Å². The van der Waals surface area contributed by atoms with Crippen molar-refractivity contribution >= 4 is 5.91 Å². The van der Waals surface area contributed by atoms with Gasteiger partial charge in [0.1, 0.15) is 12.4 Å². The summed E-state index contributed by atoms with van der Waals surface area (Å²) in [6.45, 7) is 2.02. The molecule has 0 spiro atoms. The van der Waals surface area contributed by atoms with Crippen molar-refractivity contribution in [1.29, 1.82) is 0 Å². The van der Waals surface area contributed by atoms with Crippen LogP contribution in [-0.4, -0.2) is 42.0 Å². The van der Waals surface area contributed by atoms with Gasteiger partial charge in [-0.1, -0.05) is 6.07 Å². The lowest BCUT2D eigenvalue weighted by Gasteiger charge is -2.32. The van der Waals surface area contributed by atoms with Gasteiger partial charge in [-0.3, -0.25) is 9.78 Å². The van der Waals surface area contributed by atoms with Gasteiger partial charge in [0.15, 0.2) is 0 Å². The minimum absolute atomic E-state index is 0.0891. The van der Waals surface area contributed by atoms with Crippen molar-refractivity contribution in [2.45, 2.75) is 25.5 Å². The molecule has 1 amide bonds. The van der Waals surface area contributed by atoms with Crippen LogP contribution in [0.1, 0.15) is 28.9 Å². The van der Waals surface area contributed by atoms with E-state index in [1.54, 1.807) is 6.20 Å². The number of rotatable bonds is 5. The molecule has 1 aliphatic heterocycles. The number of benzene rings is 1. The SMILES string of the molecule is CNC1CCCN(C(=O)c2ccc(OCc3ccccn3)cc2)C1. The van der Waals surface area contributed by atoms with Gasteiger partial charge in [0.05, 0.1) is 5.69 Å². The van der Waals surface area contributed by atoms with Gasteiger partial charge in [-0.15, -0.1) is 0 Å². The van der Waals surface area contributed by atoms with E-state index in [4.69, 9.17) is 4.74 Å². The third-order valence-electron chi connectivity index (χ3n) is 4.33. The van der Waals surface area contributed by atoms with E-state index >= 15 is 0 Å². The minimum atomic E-state index is 0.0891. The van der Waals surface area contributed by atoms with Crippen LogP contribution in [0, 0.1) is 0 Å². The molecular formula is C19H23N3O2. The molecule has 1 N–H and O–H groups in total. The molecule has 0 bridgehead atoms. The molecule has 1 fully saturated rings. The highest BCUT2D eigenvalue weighted by Gasteiger charge is 2.23. The molecule has 24 heavy (non-hydrogen) atoms. The average Bonchev–Trinajstić information content (AvgIpc) is 2.67. The fraction of sp³-hybridized carbons (Fsp3) is 0.368. The van der Waals surface area contributed by atoms with E-state index in [0.29, 0.717) is 18.2 Å². The number of nitrogens with zero attached hydrogens (tertiary/aromatic N) is 2. The lowest BCUT2D eigenvalue weighted by molar-refractivity contribution is 0.0698. The lowest BCUT2D eigenvalue weighted by atomic mass is 10.0. The second kappa shape index (κ2) is 7.93. The van der Waals surface area contributed by atoms with E-state index in [9.17, 15) is 4.79 Å². The average molecular weight is 325 g/mol. The Kier molecular flexibility index (Phi) is 5.43. The number of carbonyl (C=O) groups is 1. The summed E-state index contributed by atoms with van der Waals surface area (Å²) in [5.74, 6) is 0.829. The summed E-state index contributed by atoms with van der Waals surface area (Å²) in [6.07, 6.45) is 3.92. The van der Waals surface area contributed by atoms with Crippen molar-refractivity contribution in [2.75, 3.05) is 20.1 Å². The van der Waals surface area contributed by atoms with Crippen LogP contribution in [0.4, 0.5) is 0 Å². The molecule has 1 atom stereocenters. The summed E-state index contributed by atoms with van der Waals surface area (Å²) in [4.78, 5) is 18.7. The molecule has 1 aliphatic rings. The first-order valence-corrected chi connectivity index (χ1v) is 8.35. The first-order valence-electron chi connectivity index (χ1n) is 8.35. The molecule has 5 heteroatoms. The maximum Gasteiger partial charge on any atom is 0.253 e. The van der Waals surface area contributed by atoms with Crippen LogP contribution in [0.25, 0.3) is 0 Å². The number of ether oxygens (including phenoxy) is 1. The van der Waals surface area contributed by atoms with Gasteiger partial charge in [0.25, 0.3) is 5.91 Å². The summed E-state index contributed by atoms with van der Waals surface area (Å²) in [5, 5.41) is 3.26. The van der Waals surface area contributed by atoms with E-state index < -0.39 is 0 Å².